The number of aliphatic hydroxyl groups excluding tert-OH is 1. The van der Waals surface area contributed by atoms with E-state index in [1.807, 2.05) is 0 Å². The smallest absolute Gasteiger partial charge is 0.149 e. The molecule has 0 aliphatic carbocycles. The Hall–Kier alpha value is -0.710. The molecule has 0 bridgehead atoms. The van der Waals surface area contributed by atoms with Gasteiger partial charge in [-0.2, -0.15) is 0 Å². The van der Waals surface area contributed by atoms with Gasteiger partial charge < -0.3 is 10.8 Å². The lowest BCUT2D eigenvalue weighted by atomic mass is 10.0. The maximum Gasteiger partial charge on any atom is 0.149 e. The van der Waals surface area contributed by atoms with Crippen molar-refractivity contribution in [3.8, 4) is 0 Å². The average Bonchev–Trinajstić information content (AvgIpc) is 2.13. The van der Waals surface area contributed by atoms with Gasteiger partial charge in [-0.15, -0.1) is 0 Å². The Morgan fingerprint density at radius 3 is 2.64 bits per heavy atom. The second kappa shape index (κ2) is 4.68. The molecule has 1 aromatic rings. The quantitative estimate of drug-likeness (QED) is 0.767. The predicted molar refractivity (Wildman–Crippen MR) is 50.0 cm³/mol. The minimum absolute atomic E-state index is 0.0915. The largest absolute Gasteiger partial charge is 0.396 e. The maximum absolute atomic E-state index is 13.3. The fourth-order valence-corrected chi connectivity index (χ4v) is 1.33. The molecule has 1 aromatic carbocycles. The van der Waals surface area contributed by atoms with Crippen LogP contribution in [0.2, 0.25) is 5.02 Å². The minimum Gasteiger partial charge on any atom is -0.396 e. The lowest BCUT2D eigenvalue weighted by Crippen LogP contribution is -2.15. The topological polar surface area (TPSA) is 46.2 Å². The fraction of sp³-hybridized carbons (Fsp3) is 0.333. The molecule has 1 unspecified atom stereocenters. The molecule has 0 saturated heterocycles. The molecule has 0 heterocycles. The molecule has 5 heteroatoms. The van der Waals surface area contributed by atoms with Crippen LogP contribution in [0.25, 0.3) is 0 Å². The predicted octanol–water partition coefficient (Wildman–Crippen LogP) is 2.00. The van der Waals surface area contributed by atoms with E-state index in [2.05, 4.69) is 0 Å². The van der Waals surface area contributed by atoms with Crippen molar-refractivity contribution in [1.29, 1.82) is 0 Å². The van der Waals surface area contributed by atoms with E-state index in [1.54, 1.807) is 0 Å². The molecule has 14 heavy (non-hydrogen) atoms. The third-order valence-electron chi connectivity index (χ3n) is 1.89. The Kier molecular flexibility index (Phi) is 3.80. The van der Waals surface area contributed by atoms with Crippen LogP contribution in [0.5, 0.6) is 0 Å². The highest BCUT2D eigenvalue weighted by atomic mass is 35.5. The normalized spacial score (nSPS) is 12.9. The standard InChI is InChI=1S/C9H10ClF2NO/c10-5-1-2-6(11)8(9(5)12)7(13)3-4-14/h1-2,7,14H,3-4,13H2. The number of nitrogens with two attached hydrogens (primary N) is 1. The summed E-state index contributed by atoms with van der Waals surface area (Å²) in [6, 6.07) is 1.30. The highest BCUT2D eigenvalue weighted by molar-refractivity contribution is 6.30. The first-order chi connectivity index (χ1) is 6.57. The van der Waals surface area contributed by atoms with E-state index in [9.17, 15) is 8.78 Å². The summed E-state index contributed by atoms with van der Waals surface area (Å²) >= 11 is 5.47. The van der Waals surface area contributed by atoms with Crippen LogP contribution in [-0.4, -0.2) is 11.7 Å². The summed E-state index contributed by atoms with van der Waals surface area (Å²) in [5, 5.41) is 8.42. The maximum atomic E-state index is 13.3. The van der Waals surface area contributed by atoms with Gasteiger partial charge in [0, 0.05) is 18.2 Å². The third-order valence-corrected chi connectivity index (χ3v) is 2.18. The molecule has 0 saturated carbocycles. The minimum atomic E-state index is -0.876. The van der Waals surface area contributed by atoms with Crippen LogP contribution in [0.3, 0.4) is 0 Å². The monoisotopic (exact) mass is 221 g/mol. The van der Waals surface area contributed by atoms with Crippen molar-refractivity contribution in [1.82, 2.24) is 0 Å². The van der Waals surface area contributed by atoms with E-state index < -0.39 is 17.7 Å². The first-order valence-corrected chi connectivity index (χ1v) is 4.45. The molecule has 78 valence electrons. The van der Waals surface area contributed by atoms with Crippen molar-refractivity contribution in [3.05, 3.63) is 34.4 Å². The Balaban J connectivity index is 3.11. The van der Waals surface area contributed by atoms with E-state index in [0.717, 1.165) is 12.1 Å². The van der Waals surface area contributed by atoms with Crippen molar-refractivity contribution >= 4 is 11.6 Å². The van der Waals surface area contributed by atoms with E-state index in [1.165, 1.54) is 0 Å². The van der Waals surface area contributed by atoms with Crippen LogP contribution in [0.15, 0.2) is 12.1 Å². The van der Waals surface area contributed by atoms with Gasteiger partial charge in [-0.25, -0.2) is 8.78 Å². The zero-order chi connectivity index (χ0) is 10.7. The van der Waals surface area contributed by atoms with Gasteiger partial charge in [0.15, 0.2) is 0 Å². The molecule has 0 spiro atoms. The molecule has 3 N–H and O–H groups in total. The summed E-state index contributed by atoms with van der Waals surface area (Å²) in [6.45, 7) is -0.230. The molecule has 2 nitrogen and oxygen atoms in total. The van der Waals surface area contributed by atoms with Gasteiger partial charge in [-0.3, -0.25) is 0 Å². The van der Waals surface area contributed by atoms with Crippen LogP contribution in [-0.2, 0) is 0 Å². The molecule has 0 fully saturated rings. The summed E-state index contributed by atoms with van der Waals surface area (Å²) in [5.41, 5.74) is 5.21. The van der Waals surface area contributed by atoms with Crippen LogP contribution >= 0.6 is 11.6 Å². The van der Waals surface area contributed by atoms with E-state index in [-0.39, 0.29) is 23.6 Å². The van der Waals surface area contributed by atoms with Crippen LogP contribution in [0.4, 0.5) is 8.78 Å². The van der Waals surface area contributed by atoms with E-state index in [0.29, 0.717) is 0 Å². The highest BCUT2D eigenvalue weighted by Gasteiger charge is 2.18. The molecule has 0 aliphatic rings. The van der Waals surface area contributed by atoms with Crippen molar-refractivity contribution in [2.24, 2.45) is 5.73 Å². The second-order valence-electron chi connectivity index (χ2n) is 2.88. The van der Waals surface area contributed by atoms with Crippen molar-refractivity contribution in [2.45, 2.75) is 12.5 Å². The summed E-state index contributed by atoms with van der Waals surface area (Å²) < 4.78 is 26.4. The number of hydrogen-bond donors (Lipinski definition) is 2. The summed E-state index contributed by atoms with van der Waals surface area (Å²) in [5.74, 6) is -1.60. The lowest BCUT2D eigenvalue weighted by Gasteiger charge is -2.12. The molecule has 1 atom stereocenters. The number of halogens is 3. The van der Waals surface area contributed by atoms with Crippen LogP contribution < -0.4 is 5.73 Å². The second-order valence-corrected chi connectivity index (χ2v) is 3.28. The highest BCUT2D eigenvalue weighted by Crippen LogP contribution is 2.26. The number of hydrogen-bond acceptors (Lipinski definition) is 2. The Morgan fingerprint density at radius 2 is 2.07 bits per heavy atom. The number of benzene rings is 1. The molecule has 0 amide bonds. The summed E-state index contributed by atoms with van der Waals surface area (Å²) in [4.78, 5) is 0. The molecular formula is C9H10ClF2NO. The third kappa shape index (κ3) is 2.20. The first kappa shape index (κ1) is 11.4. The number of rotatable bonds is 3. The van der Waals surface area contributed by atoms with E-state index >= 15 is 0 Å². The zero-order valence-electron chi connectivity index (χ0n) is 7.30. The van der Waals surface area contributed by atoms with Gasteiger partial charge in [0.1, 0.15) is 11.6 Å². The fourth-order valence-electron chi connectivity index (χ4n) is 1.17. The first-order valence-electron chi connectivity index (χ1n) is 4.07. The molecule has 0 aromatic heterocycles. The molecular weight excluding hydrogens is 212 g/mol. The summed E-state index contributed by atoms with van der Waals surface area (Å²) in [6.07, 6.45) is 0.0915. The van der Waals surface area contributed by atoms with Crippen LogP contribution in [0.1, 0.15) is 18.0 Å². The number of aliphatic hydroxyl groups is 1. The van der Waals surface area contributed by atoms with Crippen molar-refractivity contribution in [2.75, 3.05) is 6.61 Å². The lowest BCUT2D eigenvalue weighted by molar-refractivity contribution is 0.274. The van der Waals surface area contributed by atoms with Gasteiger partial charge in [-0.1, -0.05) is 11.6 Å². The van der Waals surface area contributed by atoms with Crippen molar-refractivity contribution in [3.63, 3.8) is 0 Å². The van der Waals surface area contributed by atoms with Gasteiger partial charge in [-0.05, 0) is 18.6 Å². The van der Waals surface area contributed by atoms with Gasteiger partial charge in [0.05, 0.1) is 5.02 Å². The zero-order valence-corrected chi connectivity index (χ0v) is 8.06. The Bertz CT molecular complexity index is 333. The van der Waals surface area contributed by atoms with Crippen LogP contribution in [0, 0.1) is 11.6 Å². The molecule has 0 radical (unpaired) electrons. The molecule has 0 aliphatic heterocycles. The SMILES string of the molecule is NC(CCO)c1c(F)ccc(Cl)c1F. The van der Waals surface area contributed by atoms with E-state index in [4.69, 9.17) is 22.4 Å². The van der Waals surface area contributed by atoms with Gasteiger partial charge >= 0.3 is 0 Å². The Labute approximate surface area is 85.3 Å². The average molecular weight is 222 g/mol. The van der Waals surface area contributed by atoms with Crippen molar-refractivity contribution < 1.29 is 13.9 Å². The van der Waals surface area contributed by atoms with Gasteiger partial charge in [0.25, 0.3) is 0 Å². The molecule has 1 rings (SSSR count). The summed E-state index contributed by atoms with van der Waals surface area (Å²) in [7, 11) is 0. The Morgan fingerprint density at radius 1 is 1.43 bits per heavy atom. The van der Waals surface area contributed by atoms with Gasteiger partial charge in [0.2, 0.25) is 0 Å².